The topological polar surface area (TPSA) is 27.0 Å². The molecule has 2 nitrogen and oxygen atoms in total. The summed E-state index contributed by atoms with van der Waals surface area (Å²) in [6, 6.07) is 13.6. The normalized spacial score (nSPS) is 16.5. The maximum atomic E-state index is 14.0. The Kier molecular flexibility index (Phi) is 5.49. The van der Waals surface area contributed by atoms with E-state index in [1.807, 2.05) is 41.3 Å². The first-order valence-electron chi connectivity index (χ1n) is 7.54. The summed E-state index contributed by atoms with van der Waals surface area (Å²) in [5, 5.41) is 10.1. The van der Waals surface area contributed by atoms with Gasteiger partial charge in [-0.25, -0.2) is 4.39 Å². The Bertz CT molecular complexity index is 873. The Morgan fingerprint density at radius 1 is 1.15 bits per heavy atom. The molecule has 0 spiro atoms. The molecule has 2 aromatic carbocycles. The first-order valence-corrected chi connectivity index (χ1v) is 9.34. The number of nitriles is 1. The minimum Gasteiger partial charge on any atom is -0.334 e. The van der Waals surface area contributed by atoms with Crippen molar-refractivity contribution < 1.29 is 17.6 Å². The predicted molar refractivity (Wildman–Crippen MR) is 96.1 cm³/mol. The van der Waals surface area contributed by atoms with Crippen LogP contribution in [0.1, 0.15) is 5.56 Å². The van der Waals surface area contributed by atoms with Crippen LogP contribution in [0.15, 0.2) is 63.4 Å². The van der Waals surface area contributed by atoms with E-state index in [1.54, 1.807) is 0 Å². The SMILES string of the molecule is N#CC(Sc1cc(C(F)(F)F)ccc1F)=C1SCCN1c1ccccc1. The highest BCUT2D eigenvalue weighted by Crippen LogP contribution is 2.42. The molecule has 2 aromatic rings. The van der Waals surface area contributed by atoms with Gasteiger partial charge < -0.3 is 4.90 Å². The van der Waals surface area contributed by atoms with E-state index in [-0.39, 0.29) is 9.80 Å². The van der Waals surface area contributed by atoms with E-state index in [2.05, 4.69) is 0 Å². The lowest BCUT2D eigenvalue weighted by molar-refractivity contribution is -0.137. The fourth-order valence-corrected chi connectivity index (χ4v) is 4.55. The Hall–Kier alpha value is -2.11. The number of rotatable bonds is 3. The maximum absolute atomic E-state index is 14.0. The highest BCUT2D eigenvalue weighted by Gasteiger charge is 2.32. The average Bonchev–Trinajstić information content (AvgIpc) is 3.10. The monoisotopic (exact) mass is 396 g/mol. The van der Waals surface area contributed by atoms with Crippen LogP contribution in [0.5, 0.6) is 0 Å². The molecule has 1 aliphatic rings. The van der Waals surface area contributed by atoms with E-state index < -0.39 is 17.6 Å². The fraction of sp³-hybridized carbons (Fsp3) is 0.167. The quantitative estimate of drug-likeness (QED) is 0.368. The number of hydrogen-bond donors (Lipinski definition) is 0. The van der Waals surface area contributed by atoms with Gasteiger partial charge in [0.1, 0.15) is 21.8 Å². The van der Waals surface area contributed by atoms with Crippen molar-refractivity contribution in [2.75, 3.05) is 17.2 Å². The zero-order valence-corrected chi connectivity index (χ0v) is 14.9. The molecule has 8 heteroatoms. The summed E-state index contributed by atoms with van der Waals surface area (Å²) in [5.74, 6) is -0.0493. The minimum atomic E-state index is -4.57. The predicted octanol–water partition coefficient (Wildman–Crippen LogP) is 5.88. The number of allylic oxidation sites excluding steroid dienone is 1. The van der Waals surface area contributed by atoms with E-state index in [1.165, 1.54) is 11.8 Å². The summed E-state index contributed by atoms with van der Waals surface area (Å²) in [6.45, 7) is 0.667. The number of anilines is 1. The molecular weight excluding hydrogens is 384 g/mol. The van der Waals surface area contributed by atoms with E-state index in [9.17, 15) is 22.8 Å². The van der Waals surface area contributed by atoms with Crippen LogP contribution in [-0.2, 0) is 6.18 Å². The first kappa shape index (κ1) is 18.7. The number of alkyl halides is 3. The molecule has 0 unspecified atom stereocenters. The lowest BCUT2D eigenvalue weighted by atomic mass is 10.2. The van der Waals surface area contributed by atoms with Crippen molar-refractivity contribution >= 4 is 29.2 Å². The molecule has 1 fully saturated rings. The van der Waals surface area contributed by atoms with Gasteiger partial charge in [-0.3, -0.25) is 0 Å². The van der Waals surface area contributed by atoms with Crippen molar-refractivity contribution in [2.45, 2.75) is 11.1 Å². The summed E-state index contributed by atoms with van der Waals surface area (Å²) in [4.78, 5) is 1.88. The van der Waals surface area contributed by atoms with Crippen LogP contribution >= 0.6 is 23.5 Å². The molecule has 0 aromatic heterocycles. The number of halogens is 4. The van der Waals surface area contributed by atoms with E-state index in [0.29, 0.717) is 17.6 Å². The summed E-state index contributed by atoms with van der Waals surface area (Å²) in [6.07, 6.45) is -4.57. The van der Waals surface area contributed by atoms with Gasteiger partial charge in [0.05, 0.1) is 5.56 Å². The van der Waals surface area contributed by atoms with Gasteiger partial charge in [0, 0.05) is 22.9 Å². The van der Waals surface area contributed by atoms with Gasteiger partial charge in [0.15, 0.2) is 0 Å². The third kappa shape index (κ3) is 4.00. The summed E-state index contributed by atoms with van der Waals surface area (Å²) in [5.41, 5.74) is -0.0620. The largest absolute Gasteiger partial charge is 0.416 e. The van der Waals surface area contributed by atoms with Gasteiger partial charge in [-0.15, -0.1) is 11.8 Å². The second kappa shape index (κ2) is 7.64. The first-order chi connectivity index (χ1) is 12.4. The lowest BCUT2D eigenvalue weighted by Crippen LogP contribution is -2.17. The van der Waals surface area contributed by atoms with Crippen LogP contribution < -0.4 is 4.90 Å². The van der Waals surface area contributed by atoms with E-state index in [4.69, 9.17) is 0 Å². The van der Waals surface area contributed by atoms with Gasteiger partial charge in [-0.2, -0.15) is 18.4 Å². The molecule has 26 heavy (non-hydrogen) atoms. The number of nitrogens with zero attached hydrogens (tertiary/aromatic N) is 2. The standard InChI is InChI=1S/C18H12F4N2S2/c19-14-7-6-12(18(20,21)22)10-15(14)26-16(11-23)17-24(8-9-25-17)13-4-2-1-3-5-13/h1-7,10H,8-9H2. The van der Waals surface area contributed by atoms with E-state index >= 15 is 0 Å². The van der Waals surface area contributed by atoms with Crippen LogP contribution in [0.25, 0.3) is 0 Å². The Morgan fingerprint density at radius 3 is 2.54 bits per heavy atom. The van der Waals surface area contributed by atoms with Crippen LogP contribution in [-0.4, -0.2) is 12.3 Å². The Morgan fingerprint density at radius 2 is 1.88 bits per heavy atom. The molecule has 0 radical (unpaired) electrons. The molecule has 1 heterocycles. The molecule has 0 N–H and O–H groups in total. The highest BCUT2D eigenvalue weighted by atomic mass is 32.2. The minimum absolute atomic E-state index is 0.176. The average molecular weight is 396 g/mol. The lowest BCUT2D eigenvalue weighted by Gasteiger charge is -2.20. The second-order valence-electron chi connectivity index (χ2n) is 5.33. The molecule has 0 bridgehead atoms. The molecule has 1 saturated heterocycles. The number of para-hydroxylation sites is 1. The van der Waals surface area contributed by atoms with Gasteiger partial charge in [0.2, 0.25) is 0 Å². The van der Waals surface area contributed by atoms with Crippen LogP contribution in [0.3, 0.4) is 0 Å². The van der Waals surface area contributed by atoms with Crippen LogP contribution in [0, 0.1) is 17.1 Å². The third-order valence-electron chi connectivity index (χ3n) is 3.63. The van der Waals surface area contributed by atoms with Crippen molar-refractivity contribution in [3.63, 3.8) is 0 Å². The summed E-state index contributed by atoms with van der Waals surface area (Å²) < 4.78 is 52.7. The Balaban J connectivity index is 1.97. The highest BCUT2D eigenvalue weighted by molar-refractivity contribution is 8.07. The zero-order chi connectivity index (χ0) is 18.7. The summed E-state index contributed by atoms with van der Waals surface area (Å²) in [7, 11) is 0. The smallest absolute Gasteiger partial charge is 0.334 e. The van der Waals surface area contributed by atoms with Crippen molar-refractivity contribution in [1.82, 2.24) is 0 Å². The summed E-state index contributed by atoms with van der Waals surface area (Å²) >= 11 is 2.15. The molecule has 1 aliphatic heterocycles. The van der Waals surface area contributed by atoms with Crippen molar-refractivity contribution in [1.29, 1.82) is 5.26 Å². The van der Waals surface area contributed by atoms with Gasteiger partial charge >= 0.3 is 6.18 Å². The molecule has 3 rings (SSSR count). The van der Waals surface area contributed by atoms with Crippen LogP contribution in [0.2, 0.25) is 0 Å². The third-order valence-corrected chi connectivity index (χ3v) is 5.87. The number of benzene rings is 2. The second-order valence-corrected chi connectivity index (χ2v) is 7.46. The molecule has 134 valence electrons. The molecule has 0 saturated carbocycles. The fourth-order valence-electron chi connectivity index (χ4n) is 2.44. The zero-order valence-electron chi connectivity index (χ0n) is 13.3. The number of thioether (sulfide) groups is 2. The van der Waals surface area contributed by atoms with Gasteiger partial charge in [-0.1, -0.05) is 30.0 Å². The molecule has 0 amide bonds. The van der Waals surface area contributed by atoms with Crippen molar-refractivity contribution in [2.24, 2.45) is 0 Å². The van der Waals surface area contributed by atoms with Crippen molar-refractivity contribution in [3.8, 4) is 6.07 Å². The molecule has 0 aliphatic carbocycles. The molecular formula is C18H12F4N2S2. The van der Waals surface area contributed by atoms with Gasteiger partial charge in [0.25, 0.3) is 0 Å². The Labute approximate surface area is 156 Å². The van der Waals surface area contributed by atoms with Crippen molar-refractivity contribution in [3.05, 3.63) is 69.8 Å². The molecule has 0 atom stereocenters. The maximum Gasteiger partial charge on any atom is 0.416 e. The van der Waals surface area contributed by atoms with E-state index in [0.717, 1.165) is 35.3 Å². The number of hydrogen-bond acceptors (Lipinski definition) is 4. The van der Waals surface area contributed by atoms with Gasteiger partial charge in [-0.05, 0) is 30.3 Å². The van der Waals surface area contributed by atoms with Crippen LogP contribution in [0.4, 0.5) is 23.2 Å².